The second-order valence-electron chi connectivity index (χ2n) is 5.96. The maximum atomic E-state index is 12.5. The lowest BCUT2D eigenvalue weighted by Crippen LogP contribution is -2.09. The van der Waals surface area contributed by atoms with Crippen LogP contribution in [0.4, 0.5) is 5.13 Å². The standard InChI is InChI=1S/C20H15ClN2O2S2/c1-12-3-2-4-16-18(12)22-20(27-16)23-19(24)17-9-13(11-26-17)10-25-15-7-5-14(21)6-8-15/h2-9,11H,10H2,1H3,(H,22,23,24). The minimum Gasteiger partial charge on any atom is -0.489 e. The van der Waals surface area contributed by atoms with Crippen LogP contribution in [0.5, 0.6) is 5.75 Å². The van der Waals surface area contributed by atoms with Gasteiger partial charge in [-0.3, -0.25) is 10.1 Å². The van der Waals surface area contributed by atoms with Crippen LogP contribution in [0.1, 0.15) is 20.8 Å². The number of nitrogens with zero attached hydrogens (tertiary/aromatic N) is 1. The van der Waals surface area contributed by atoms with Gasteiger partial charge in [-0.25, -0.2) is 4.98 Å². The number of benzene rings is 2. The molecule has 136 valence electrons. The fourth-order valence-corrected chi connectivity index (χ4v) is 4.42. The summed E-state index contributed by atoms with van der Waals surface area (Å²) >= 11 is 8.73. The lowest BCUT2D eigenvalue weighted by atomic mass is 10.2. The number of thiophene rings is 1. The fraction of sp³-hybridized carbons (Fsp3) is 0.100. The molecule has 0 saturated heterocycles. The van der Waals surface area contributed by atoms with Crippen molar-refractivity contribution in [2.45, 2.75) is 13.5 Å². The number of carbonyl (C=O) groups excluding carboxylic acids is 1. The van der Waals surface area contributed by atoms with Crippen molar-refractivity contribution in [1.29, 1.82) is 0 Å². The van der Waals surface area contributed by atoms with Crippen molar-refractivity contribution >= 4 is 55.5 Å². The Morgan fingerprint density at radius 3 is 2.81 bits per heavy atom. The molecule has 1 N–H and O–H groups in total. The molecule has 0 fully saturated rings. The summed E-state index contributed by atoms with van der Waals surface area (Å²) in [6, 6.07) is 15.1. The Morgan fingerprint density at radius 2 is 2.04 bits per heavy atom. The number of amides is 1. The molecule has 0 spiro atoms. The topological polar surface area (TPSA) is 51.2 Å². The third-order valence-corrected chi connectivity index (χ3v) is 6.10. The maximum absolute atomic E-state index is 12.5. The highest BCUT2D eigenvalue weighted by molar-refractivity contribution is 7.22. The van der Waals surface area contributed by atoms with Crippen LogP contribution in [-0.2, 0) is 6.61 Å². The third-order valence-electron chi connectivity index (χ3n) is 3.94. The number of aromatic nitrogens is 1. The van der Waals surface area contributed by atoms with Crippen molar-refractivity contribution in [3.63, 3.8) is 0 Å². The van der Waals surface area contributed by atoms with Crippen molar-refractivity contribution in [1.82, 2.24) is 4.98 Å². The monoisotopic (exact) mass is 414 g/mol. The molecule has 0 saturated carbocycles. The number of hydrogen-bond acceptors (Lipinski definition) is 5. The van der Waals surface area contributed by atoms with Crippen molar-refractivity contribution in [3.8, 4) is 5.75 Å². The number of para-hydroxylation sites is 1. The third kappa shape index (κ3) is 4.13. The molecule has 27 heavy (non-hydrogen) atoms. The number of ether oxygens (including phenoxy) is 1. The van der Waals surface area contributed by atoms with Crippen molar-refractivity contribution in [2.75, 3.05) is 5.32 Å². The van der Waals surface area contributed by atoms with Gasteiger partial charge in [0.15, 0.2) is 5.13 Å². The number of fused-ring (bicyclic) bond motifs is 1. The summed E-state index contributed by atoms with van der Waals surface area (Å²) in [5.74, 6) is 0.580. The summed E-state index contributed by atoms with van der Waals surface area (Å²) in [5.41, 5.74) is 2.98. The minimum atomic E-state index is -0.158. The van der Waals surface area contributed by atoms with Crippen molar-refractivity contribution in [2.24, 2.45) is 0 Å². The fourth-order valence-electron chi connectivity index (χ4n) is 2.57. The molecule has 4 aromatic rings. The minimum absolute atomic E-state index is 0.158. The second-order valence-corrected chi connectivity index (χ2v) is 8.33. The number of thiazole rings is 1. The van der Waals surface area contributed by atoms with Crippen LogP contribution < -0.4 is 10.1 Å². The molecule has 0 aliphatic carbocycles. The zero-order valence-corrected chi connectivity index (χ0v) is 16.8. The Morgan fingerprint density at radius 1 is 1.22 bits per heavy atom. The zero-order chi connectivity index (χ0) is 18.8. The molecule has 0 atom stereocenters. The van der Waals surface area contributed by atoms with E-state index in [1.54, 1.807) is 12.1 Å². The molecule has 2 aromatic heterocycles. The average Bonchev–Trinajstić information content (AvgIpc) is 3.29. The quantitative estimate of drug-likeness (QED) is 0.426. The van der Waals surface area contributed by atoms with Crippen LogP contribution in [0.3, 0.4) is 0 Å². The number of hydrogen-bond donors (Lipinski definition) is 1. The predicted octanol–water partition coefficient (Wildman–Crippen LogP) is 6.15. The highest BCUT2D eigenvalue weighted by Gasteiger charge is 2.13. The Kier molecular flexibility index (Phi) is 5.11. The predicted molar refractivity (Wildman–Crippen MR) is 112 cm³/mol. The molecule has 0 aliphatic rings. The van der Waals surface area contributed by atoms with E-state index < -0.39 is 0 Å². The molecule has 1 amide bonds. The van der Waals surface area contributed by atoms with Crippen molar-refractivity contribution < 1.29 is 9.53 Å². The van der Waals surface area contributed by atoms with Crippen LogP contribution in [0.15, 0.2) is 53.9 Å². The molecule has 4 nitrogen and oxygen atoms in total. The van der Waals surface area contributed by atoms with Gasteiger partial charge in [0.2, 0.25) is 0 Å². The van der Waals surface area contributed by atoms with Gasteiger partial charge in [-0.05, 0) is 54.3 Å². The number of halogens is 1. The molecule has 2 heterocycles. The van der Waals surface area contributed by atoms with E-state index >= 15 is 0 Å². The van der Waals surface area contributed by atoms with Gasteiger partial charge >= 0.3 is 0 Å². The molecular formula is C20H15ClN2O2S2. The van der Waals surface area contributed by atoms with Crippen LogP contribution >= 0.6 is 34.3 Å². The molecular weight excluding hydrogens is 400 g/mol. The Balaban J connectivity index is 1.41. The van der Waals surface area contributed by atoms with E-state index in [1.165, 1.54) is 22.7 Å². The second kappa shape index (κ2) is 7.68. The summed E-state index contributed by atoms with van der Waals surface area (Å²) in [4.78, 5) is 17.7. The van der Waals surface area contributed by atoms with Crippen LogP contribution in [0.2, 0.25) is 5.02 Å². The number of carbonyl (C=O) groups is 1. The summed E-state index contributed by atoms with van der Waals surface area (Å²) in [6.45, 7) is 2.41. The van der Waals surface area contributed by atoms with Crippen LogP contribution in [-0.4, -0.2) is 10.9 Å². The van der Waals surface area contributed by atoms with E-state index in [9.17, 15) is 4.79 Å². The van der Waals surface area contributed by atoms with Crippen LogP contribution in [0, 0.1) is 6.92 Å². The van der Waals surface area contributed by atoms with E-state index in [1.807, 2.05) is 48.7 Å². The number of rotatable bonds is 5. The first kappa shape index (κ1) is 18.0. The number of anilines is 1. The zero-order valence-electron chi connectivity index (χ0n) is 14.4. The Bertz CT molecular complexity index is 1100. The largest absolute Gasteiger partial charge is 0.489 e. The van der Waals surface area contributed by atoms with Gasteiger partial charge in [-0.15, -0.1) is 11.3 Å². The highest BCUT2D eigenvalue weighted by atomic mass is 35.5. The smallest absolute Gasteiger partial charge is 0.267 e. The Labute approximate surface area is 169 Å². The Hall–Kier alpha value is -2.41. The number of nitrogens with one attached hydrogen (secondary N) is 1. The molecule has 0 unspecified atom stereocenters. The van der Waals surface area contributed by atoms with Gasteiger partial charge in [0.25, 0.3) is 5.91 Å². The van der Waals surface area contributed by atoms with Gasteiger partial charge in [0.1, 0.15) is 12.4 Å². The van der Waals surface area contributed by atoms with Gasteiger partial charge in [0, 0.05) is 10.6 Å². The van der Waals surface area contributed by atoms with Gasteiger partial charge in [0.05, 0.1) is 15.1 Å². The van der Waals surface area contributed by atoms with Gasteiger partial charge in [-0.2, -0.15) is 0 Å². The summed E-state index contributed by atoms with van der Waals surface area (Å²) in [7, 11) is 0. The van der Waals surface area contributed by atoms with E-state index in [0.717, 1.165) is 27.1 Å². The van der Waals surface area contributed by atoms with E-state index in [-0.39, 0.29) is 5.91 Å². The first-order valence-corrected chi connectivity index (χ1v) is 10.3. The molecule has 0 bridgehead atoms. The van der Waals surface area contributed by atoms with E-state index in [0.29, 0.717) is 21.6 Å². The van der Waals surface area contributed by atoms with Gasteiger partial charge < -0.3 is 4.74 Å². The van der Waals surface area contributed by atoms with Gasteiger partial charge in [-0.1, -0.05) is 35.1 Å². The summed E-state index contributed by atoms with van der Waals surface area (Å²) < 4.78 is 6.78. The number of aryl methyl sites for hydroxylation is 1. The lowest BCUT2D eigenvalue weighted by Gasteiger charge is -2.04. The first-order chi connectivity index (χ1) is 13.1. The van der Waals surface area contributed by atoms with E-state index in [4.69, 9.17) is 16.3 Å². The summed E-state index contributed by atoms with van der Waals surface area (Å²) in [5, 5.41) is 6.09. The van der Waals surface area contributed by atoms with E-state index in [2.05, 4.69) is 10.3 Å². The molecule has 7 heteroatoms. The molecule has 2 aromatic carbocycles. The highest BCUT2D eigenvalue weighted by Crippen LogP contribution is 2.28. The average molecular weight is 415 g/mol. The van der Waals surface area contributed by atoms with Crippen LogP contribution in [0.25, 0.3) is 10.2 Å². The maximum Gasteiger partial charge on any atom is 0.267 e. The SMILES string of the molecule is Cc1cccc2sc(NC(=O)c3cc(COc4ccc(Cl)cc4)cs3)nc12. The van der Waals surface area contributed by atoms with Crippen molar-refractivity contribution in [3.05, 3.63) is 74.9 Å². The molecule has 0 radical (unpaired) electrons. The normalized spacial score (nSPS) is 10.9. The summed E-state index contributed by atoms with van der Waals surface area (Å²) in [6.07, 6.45) is 0. The lowest BCUT2D eigenvalue weighted by molar-refractivity contribution is 0.103. The first-order valence-electron chi connectivity index (χ1n) is 8.22. The molecule has 0 aliphatic heterocycles. The molecule has 4 rings (SSSR count).